The lowest BCUT2D eigenvalue weighted by Crippen LogP contribution is -2.65. The molecule has 0 aromatic rings. The van der Waals surface area contributed by atoms with Crippen LogP contribution >= 0.6 is 0 Å². The van der Waals surface area contributed by atoms with E-state index in [1.165, 1.54) is 295 Å². The fourth-order valence-electron chi connectivity index (χ4n) is 13.4. The van der Waals surface area contributed by atoms with Gasteiger partial charge in [-0.1, -0.05) is 359 Å². The van der Waals surface area contributed by atoms with Crippen LogP contribution in [0.3, 0.4) is 0 Å². The molecule has 0 saturated carbocycles. The minimum absolute atomic E-state index is 0.245. The Morgan fingerprint density at radius 1 is 0.372 bits per heavy atom. The molecule has 0 spiro atoms. The minimum atomic E-state index is -1.79. The summed E-state index contributed by atoms with van der Waals surface area (Å²) in [6.07, 6.45) is 68.1. The second-order valence-corrected chi connectivity index (χ2v) is 28.5. The third-order valence-electron chi connectivity index (χ3n) is 19.8. The topological polar surface area (TPSA) is 228 Å². The summed E-state index contributed by atoms with van der Waals surface area (Å²) in [7, 11) is 0. The van der Waals surface area contributed by atoms with Gasteiger partial charge in [0.05, 0.1) is 32.0 Å². The van der Waals surface area contributed by atoms with Crippen LogP contribution in [0.4, 0.5) is 0 Å². The molecule has 0 radical (unpaired) electrons. The summed E-state index contributed by atoms with van der Waals surface area (Å²) < 4.78 is 22.9. The summed E-state index contributed by atoms with van der Waals surface area (Å²) in [4.78, 5) is 13.4. The molecule has 0 aromatic heterocycles. The van der Waals surface area contributed by atoms with E-state index in [-0.39, 0.29) is 18.9 Å². The van der Waals surface area contributed by atoms with Crippen molar-refractivity contribution in [1.29, 1.82) is 0 Å². The molecule has 12 atom stereocenters. The molecule has 0 bridgehead atoms. The molecule has 14 heteroatoms. The molecule has 9 N–H and O–H groups in total. The quantitative estimate of drug-likeness (QED) is 0.0204. The predicted molar refractivity (Wildman–Crippen MR) is 388 cm³/mol. The Labute approximate surface area is 576 Å². The Bertz CT molecular complexity index is 1720. The fraction of sp³-hybridized carbons (Fsp3) is 0.912. The predicted octanol–water partition coefficient (Wildman–Crippen LogP) is 18.0. The first-order chi connectivity index (χ1) is 46.1. The molecule has 2 aliphatic rings. The van der Waals surface area contributed by atoms with Gasteiger partial charge in [0.25, 0.3) is 0 Å². The molecule has 2 heterocycles. The number of hydrogen-bond donors (Lipinski definition) is 9. The summed E-state index contributed by atoms with van der Waals surface area (Å²) in [6.45, 7) is 2.84. The number of nitrogens with one attached hydrogen (secondary N) is 1. The standard InChI is InChI=1S/C80H151NO13/c1-3-5-7-9-11-13-15-17-19-21-23-25-27-29-31-32-33-34-35-36-38-40-42-44-46-48-50-52-54-56-58-60-62-64-72(85)81-68(67-91-79-77(90)75(88)78(71(66-83)93-79)94-80-76(89)74(87)73(86)70(65-82)92-80)69(84)63-61-59-57-55-53-51-49-47-45-43-41-39-37-30-28-26-24-22-20-18-16-14-12-10-8-6-4-2/h45,47,53,55,61,63,68-71,73-80,82-84,86-90H,3-44,46,48-52,54,56-60,62,64-67H2,1-2H3,(H,81,85)/b47-45+,55-53+,63-61+. The lowest BCUT2D eigenvalue weighted by Gasteiger charge is -2.46. The van der Waals surface area contributed by atoms with Crippen LogP contribution in [0.2, 0.25) is 0 Å². The third kappa shape index (κ3) is 47.3. The number of carbonyl (C=O) groups excluding carboxylic acids is 1. The highest BCUT2D eigenvalue weighted by Gasteiger charge is 2.51. The van der Waals surface area contributed by atoms with E-state index in [1.807, 2.05) is 6.08 Å². The molecule has 94 heavy (non-hydrogen) atoms. The zero-order chi connectivity index (χ0) is 68.0. The van der Waals surface area contributed by atoms with Crippen LogP contribution < -0.4 is 5.32 Å². The van der Waals surface area contributed by atoms with Crippen LogP contribution in [-0.2, 0) is 23.7 Å². The van der Waals surface area contributed by atoms with Gasteiger partial charge in [0, 0.05) is 6.42 Å². The fourth-order valence-corrected chi connectivity index (χ4v) is 13.4. The maximum atomic E-state index is 13.4. The van der Waals surface area contributed by atoms with Gasteiger partial charge in [-0.3, -0.25) is 4.79 Å². The van der Waals surface area contributed by atoms with Gasteiger partial charge < -0.3 is 65.1 Å². The van der Waals surface area contributed by atoms with Crippen LogP contribution in [0, 0.1) is 0 Å². The smallest absolute Gasteiger partial charge is 0.220 e. The highest BCUT2D eigenvalue weighted by molar-refractivity contribution is 5.76. The second-order valence-electron chi connectivity index (χ2n) is 28.5. The summed E-state index contributed by atoms with van der Waals surface area (Å²) >= 11 is 0. The van der Waals surface area contributed by atoms with Gasteiger partial charge >= 0.3 is 0 Å². The number of hydrogen-bond acceptors (Lipinski definition) is 13. The van der Waals surface area contributed by atoms with E-state index in [0.29, 0.717) is 12.8 Å². The average Bonchev–Trinajstić information content (AvgIpc) is 0.794. The van der Waals surface area contributed by atoms with Crippen molar-refractivity contribution in [1.82, 2.24) is 5.32 Å². The summed E-state index contributed by atoms with van der Waals surface area (Å²) in [6, 6.07) is -0.938. The first-order valence-corrected chi connectivity index (χ1v) is 40.2. The molecule has 554 valence electrons. The van der Waals surface area contributed by atoms with Crippen LogP contribution in [0.25, 0.3) is 0 Å². The van der Waals surface area contributed by atoms with E-state index in [9.17, 15) is 45.6 Å². The van der Waals surface area contributed by atoms with Gasteiger partial charge in [-0.25, -0.2) is 0 Å². The van der Waals surface area contributed by atoms with Gasteiger partial charge in [0.1, 0.15) is 48.8 Å². The van der Waals surface area contributed by atoms with Crippen LogP contribution in [-0.4, -0.2) is 140 Å². The number of aliphatic hydroxyl groups is 8. The first-order valence-electron chi connectivity index (χ1n) is 40.2. The van der Waals surface area contributed by atoms with Crippen molar-refractivity contribution in [2.45, 2.75) is 447 Å². The molecular formula is C80H151NO13. The number of carbonyl (C=O) groups is 1. The van der Waals surface area contributed by atoms with E-state index in [0.717, 1.165) is 44.9 Å². The zero-order valence-corrected chi connectivity index (χ0v) is 60.7. The molecule has 2 rings (SSSR count). The summed E-state index contributed by atoms with van der Waals surface area (Å²) in [5.74, 6) is -0.245. The summed E-state index contributed by atoms with van der Waals surface area (Å²) in [5, 5.41) is 87.6. The highest BCUT2D eigenvalue weighted by atomic mass is 16.7. The Balaban J connectivity index is 1.63. The number of amides is 1. The van der Waals surface area contributed by atoms with Crippen molar-refractivity contribution in [2.24, 2.45) is 0 Å². The molecule has 1 amide bonds. The second kappa shape index (κ2) is 64.6. The molecule has 2 aliphatic heterocycles. The molecule has 12 unspecified atom stereocenters. The SMILES string of the molecule is CCCCCCCCCCCCCCCCCCC/C=C/CC/C=C/CC/C=C/C(O)C(COC1OC(CO)C(OC2OC(CO)C(O)C(O)C2O)C(O)C1O)NC(=O)CCCCCCCCCCCCCCCCCCCCCCCCCCCCCCCCCCC. The monoisotopic (exact) mass is 1330 g/mol. The number of rotatable bonds is 68. The summed E-state index contributed by atoms with van der Waals surface area (Å²) in [5.41, 5.74) is 0. The molecular weight excluding hydrogens is 1180 g/mol. The highest BCUT2D eigenvalue weighted by Crippen LogP contribution is 2.30. The lowest BCUT2D eigenvalue weighted by atomic mass is 9.97. The van der Waals surface area contributed by atoms with Crippen LogP contribution in [0.5, 0.6) is 0 Å². The van der Waals surface area contributed by atoms with Crippen molar-refractivity contribution in [2.75, 3.05) is 19.8 Å². The molecule has 0 aliphatic carbocycles. The van der Waals surface area contributed by atoms with Crippen LogP contribution in [0.1, 0.15) is 373 Å². The van der Waals surface area contributed by atoms with Gasteiger partial charge in [-0.15, -0.1) is 0 Å². The van der Waals surface area contributed by atoms with Gasteiger partial charge in [0.15, 0.2) is 12.6 Å². The molecule has 2 fully saturated rings. The Hall–Kier alpha value is -1.79. The largest absolute Gasteiger partial charge is 0.394 e. The number of allylic oxidation sites excluding steroid dienone is 5. The normalized spacial score (nSPS) is 22.6. The molecule has 0 aromatic carbocycles. The zero-order valence-electron chi connectivity index (χ0n) is 60.7. The van der Waals surface area contributed by atoms with Crippen molar-refractivity contribution in [3.63, 3.8) is 0 Å². The molecule has 2 saturated heterocycles. The third-order valence-corrected chi connectivity index (χ3v) is 19.8. The van der Waals surface area contributed by atoms with Crippen LogP contribution in [0.15, 0.2) is 36.5 Å². The van der Waals surface area contributed by atoms with Gasteiger partial charge in [0.2, 0.25) is 5.91 Å². The van der Waals surface area contributed by atoms with Crippen molar-refractivity contribution in [3.8, 4) is 0 Å². The van der Waals surface area contributed by atoms with Crippen molar-refractivity contribution in [3.05, 3.63) is 36.5 Å². The maximum Gasteiger partial charge on any atom is 0.220 e. The van der Waals surface area contributed by atoms with Crippen molar-refractivity contribution < 1.29 is 64.6 Å². The maximum absolute atomic E-state index is 13.4. The number of unbranched alkanes of at least 4 members (excludes halogenated alkanes) is 51. The van der Waals surface area contributed by atoms with E-state index in [2.05, 4.69) is 43.5 Å². The first kappa shape index (κ1) is 88.3. The lowest BCUT2D eigenvalue weighted by molar-refractivity contribution is -0.359. The van der Waals surface area contributed by atoms with E-state index >= 15 is 0 Å². The van der Waals surface area contributed by atoms with Crippen molar-refractivity contribution >= 4 is 5.91 Å². The van der Waals surface area contributed by atoms with E-state index in [1.54, 1.807) is 6.08 Å². The molecule has 14 nitrogen and oxygen atoms in total. The van der Waals surface area contributed by atoms with Gasteiger partial charge in [-0.05, 0) is 44.9 Å². The Morgan fingerprint density at radius 2 is 0.681 bits per heavy atom. The number of aliphatic hydroxyl groups excluding tert-OH is 8. The van der Waals surface area contributed by atoms with E-state index < -0.39 is 86.8 Å². The number of ether oxygens (including phenoxy) is 4. The Morgan fingerprint density at radius 3 is 1.04 bits per heavy atom. The van der Waals surface area contributed by atoms with E-state index in [4.69, 9.17) is 18.9 Å². The average molecular weight is 1340 g/mol. The minimum Gasteiger partial charge on any atom is -0.394 e. The Kier molecular flexibility index (Phi) is 60.7. The van der Waals surface area contributed by atoms with Gasteiger partial charge in [-0.2, -0.15) is 0 Å².